The zero-order valence-electron chi connectivity index (χ0n) is 69.5. The number of amidine groups is 1. The van der Waals surface area contributed by atoms with E-state index in [2.05, 4.69) is 24.5 Å². The second-order valence-corrected chi connectivity index (χ2v) is 30.5. The highest BCUT2D eigenvalue weighted by Gasteiger charge is 2.49. The fourth-order valence-electron chi connectivity index (χ4n) is 13.1. The summed E-state index contributed by atoms with van der Waals surface area (Å²) in [6, 6.07) is 30.0. The molecule has 4 saturated heterocycles. The SMILES string of the molecule is CCOC(=O)C1=C(CN2CCC(OCC(=O)O)C(F)C2)NC(c2nccs2)=NC1c1ccc(F)cc1Cl.CCOC(=O)CO.Cl.F.O=C(O)COC1CCCCC1(F)F.O=C(O)COC1CCN(C(=O)OCc2ccccc2)CC1(F)F.O=C(OCc1ccccc1)N1CCC(O)C(F)(F)C1.O=C(OCc1ccccc1)N1CCCC(F)(F)C1.OC1CCCCC1(F)F. The first-order valence-electron chi connectivity index (χ1n) is 40.0. The first-order chi connectivity index (χ1) is 59.7. The lowest BCUT2D eigenvalue weighted by Crippen LogP contribution is -2.54. The van der Waals surface area contributed by atoms with Crippen molar-refractivity contribution in [2.24, 2.45) is 4.99 Å². The number of aliphatic carboxylic acids is 3. The molecule has 7 unspecified atom stereocenters. The monoisotopic (exact) mass is 1900 g/mol. The van der Waals surface area contributed by atoms with Crippen molar-refractivity contribution in [3.63, 3.8) is 0 Å². The quantitative estimate of drug-likeness (QED) is 0.0181. The van der Waals surface area contributed by atoms with E-state index >= 15 is 0 Å². The van der Waals surface area contributed by atoms with Gasteiger partial charge in [-0.25, -0.2) is 96.0 Å². The summed E-state index contributed by atoms with van der Waals surface area (Å²) in [5, 5.41) is 56.9. The number of amides is 3. The fraction of sp³-hybridized carbons (Fsp3) is 0.542. The molecule has 128 heavy (non-hydrogen) atoms. The molecular formula is C83H104Cl2F13N7O22S. The summed E-state index contributed by atoms with van der Waals surface area (Å²) in [5.41, 5.74) is 3.40. The smallest absolute Gasteiger partial charge is 0.410 e. The van der Waals surface area contributed by atoms with Crippen molar-refractivity contribution in [3.8, 4) is 0 Å². The number of aromatic nitrogens is 1. The summed E-state index contributed by atoms with van der Waals surface area (Å²) in [5.74, 6) is -20.1. The number of carbonyl (C=O) groups is 8. The molecule has 3 amide bonds. The number of piperidine rings is 4. The fourth-order valence-corrected chi connectivity index (χ4v) is 13.9. The second-order valence-electron chi connectivity index (χ2n) is 29.2. The maximum atomic E-state index is 14.8. The van der Waals surface area contributed by atoms with Crippen molar-refractivity contribution < 1.29 is 164 Å². The molecule has 7 aliphatic rings. The molecule has 0 radical (unpaired) electrons. The molecule has 2 aliphatic carbocycles. The summed E-state index contributed by atoms with van der Waals surface area (Å²) in [6.07, 6.45) is -5.97. The number of halogens is 15. The zero-order valence-corrected chi connectivity index (χ0v) is 71.9. The molecule has 6 fully saturated rings. The van der Waals surface area contributed by atoms with E-state index in [1.54, 1.807) is 78.9 Å². The highest BCUT2D eigenvalue weighted by atomic mass is 35.5. The van der Waals surface area contributed by atoms with Gasteiger partial charge in [-0.05, 0) is 94.0 Å². The van der Waals surface area contributed by atoms with Gasteiger partial charge in [-0.2, -0.15) is 0 Å². The minimum Gasteiger partial charge on any atom is -0.480 e. The number of esters is 2. The Morgan fingerprint density at radius 3 is 1.47 bits per heavy atom. The molecule has 4 aromatic carbocycles. The van der Waals surface area contributed by atoms with Crippen LogP contribution in [0.15, 0.2) is 137 Å². The number of hydrogen-bond acceptors (Lipinski definition) is 24. The number of ether oxygens (including phenoxy) is 8. The van der Waals surface area contributed by atoms with Crippen LogP contribution in [-0.4, -0.2) is 274 Å². The van der Waals surface area contributed by atoms with E-state index in [0.29, 0.717) is 67.5 Å². The van der Waals surface area contributed by atoms with Crippen LogP contribution in [0.5, 0.6) is 0 Å². The number of aliphatic hydroxyl groups excluding tert-OH is 3. The van der Waals surface area contributed by atoms with Gasteiger partial charge in [-0.1, -0.05) is 122 Å². The number of thiazole rings is 1. The van der Waals surface area contributed by atoms with Crippen LogP contribution in [0.25, 0.3) is 0 Å². The molecule has 6 heterocycles. The Kier molecular flexibility index (Phi) is 47.2. The molecule has 0 spiro atoms. The number of hydrogen-bond donors (Lipinski definition) is 7. The Morgan fingerprint density at radius 2 is 1.04 bits per heavy atom. The third kappa shape index (κ3) is 38.1. The van der Waals surface area contributed by atoms with Crippen LogP contribution in [0, 0.1) is 5.82 Å². The van der Waals surface area contributed by atoms with Crippen molar-refractivity contribution in [1.29, 1.82) is 0 Å². The van der Waals surface area contributed by atoms with E-state index in [1.165, 1.54) is 23.5 Å². The number of likely N-dealkylation sites (tertiary alicyclic amines) is 4. The number of nitrogens with zero attached hydrogens (tertiary/aromatic N) is 6. The molecule has 5 aliphatic heterocycles. The zero-order chi connectivity index (χ0) is 92.8. The molecule has 12 rings (SSSR count). The minimum atomic E-state index is -3.32. The first kappa shape index (κ1) is 111. The highest BCUT2D eigenvalue weighted by Crippen LogP contribution is 2.40. The van der Waals surface area contributed by atoms with Gasteiger partial charge in [0, 0.05) is 86.4 Å². The third-order valence-electron chi connectivity index (χ3n) is 19.4. The van der Waals surface area contributed by atoms with Crippen molar-refractivity contribution in [1.82, 2.24) is 29.9 Å². The van der Waals surface area contributed by atoms with Crippen molar-refractivity contribution in [2.45, 2.75) is 189 Å². The molecule has 29 nitrogen and oxygen atoms in total. The number of alkyl halides is 11. The summed E-state index contributed by atoms with van der Waals surface area (Å²) >= 11 is 7.71. The number of carboxylic acid groups (broad SMARTS) is 3. The van der Waals surface area contributed by atoms with Crippen molar-refractivity contribution in [3.05, 3.63) is 170 Å². The van der Waals surface area contributed by atoms with Gasteiger partial charge in [-0.3, -0.25) is 14.6 Å². The van der Waals surface area contributed by atoms with Gasteiger partial charge >= 0.3 is 48.1 Å². The Bertz CT molecular complexity index is 4310. The third-order valence-corrected chi connectivity index (χ3v) is 20.5. The molecule has 5 aromatic rings. The normalized spacial score (nSPS) is 21.6. The molecule has 0 bridgehead atoms. The second kappa shape index (κ2) is 54.7. The van der Waals surface area contributed by atoms with Gasteiger partial charge in [0.1, 0.15) is 88.7 Å². The number of nitrogens with one attached hydrogen (secondary N) is 1. The van der Waals surface area contributed by atoms with Crippen LogP contribution >= 0.6 is 35.3 Å². The van der Waals surface area contributed by atoms with Gasteiger partial charge in [0.15, 0.2) is 10.8 Å². The van der Waals surface area contributed by atoms with Gasteiger partial charge < -0.3 is 88.6 Å². The summed E-state index contributed by atoms with van der Waals surface area (Å²) in [4.78, 5) is 103. The minimum absolute atomic E-state index is 0. The van der Waals surface area contributed by atoms with Crippen LogP contribution < -0.4 is 5.32 Å². The van der Waals surface area contributed by atoms with Crippen LogP contribution in [0.1, 0.15) is 131 Å². The number of aliphatic imine (C=N–C) groups is 1. The lowest BCUT2D eigenvalue weighted by atomic mass is 9.94. The predicted octanol–water partition coefficient (Wildman–Crippen LogP) is 13.9. The summed E-state index contributed by atoms with van der Waals surface area (Å²) in [6.45, 7) is 0.184. The Morgan fingerprint density at radius 1 is 0.555 bits per heavy atom. The van der Waals surface area contributed by atoms with Crippen LogP contribution in [0.2, 0.25) is 5.02 Å². The maximum Gasteiger partial charge on any atom is 0.410 e. The molecule has 714 valence electrons. The Balaban J connectivity index is 0.000000331. The number of rotatable bonds is 23. The summed E-state index contributed by atoms with van der Waals surface area (Å²) in [7, 11) is 0. The number of carboxylic acids is 3. The van der Waals surface area contributed by atoms with Gasteiger partial charge in [-0.15, -0.1) is 23.7 Å². The topological polar surface area (TPSA) is 382 Å². The number of aliphatic hydroxyl groups is 3. The Labute approximate surface area is 743 Å². The Hall–Kier alpha value is -9.73. The molecule has 45 heteroatoms. The number of benzene rings is 4. The first-order valence-corrected chi connectivity index (χ1v) is 41.3. The van der Waals surface area contributed by atoms with E-state index in [9.17, 15) is 91.0 Å². The molecular weight excluding hydrogens is 1800 g/mol. The average molecular weight is 1900 g/mol. The molecule has 2 saturated carbocycles. The van der Waals surface area contributed by atoms with E-state index in [4.69, 9.17) is 70.9 Å². The van der Waals surface area contributed by atoms with E-state index in [-0.39, 0.29) is 132 Å². The van der Waals surface area contributed by atoms with E-state index in [1.807, 2.05) is 42.5 Å². The summed E-state index contributed by atoms with van der Waals surface area (Å²) < 4.78 is 199. The van der Waals surface area contributed by atoms with Gasteiger partial charge in [0.05, 0.1) is 44.5 Å². The number of carbonyl (C=O) groups excluding carboxylic acids is 5. The highest BCUT2D eigenvalue weighted by molar-refractivity contribution is 7.11. The lowest BCUT2D eigenvalue weighted by molar-refractivity contribution is -0.178. The van der Waals surface area contributed by atoms with Crippen LogP contribution in [0.4, 0.5) is 71.8 Å². The average Bonchev–Trinajstić information content (AvgIpc) is 1.06. The van der Waals surface area contributed by atoms with E-state index < -0.39 is 172 Å². The molecule has 7 atom stereocenters. The van der Waals surface area contributed by atoms with Gasteiger partial charge in [0.25, 0.3) is 29.6 Å². The van der Waals surface area contributed by atoms with Gasteiger partial charge in [0.2, 0.25) is 0 Å². The molecule has 1 aromatic heterocycles. The van der Waals surface area contributed by atoms with Crippen LogP contribution in [0.3, 0.4) is 0 Å². The van der Waals surface area contributed by atoms with Crippen molar-refractivity contribution in [2.75, 3.05) is 98.5 Å². The lowest BCUT2D eigenvalue weighted by Gasteiger charge is -2.37. The van der Waals surface area contributed by atoms with Crippen LogP contribution in [-0.2, 0) is 81.7 Å². The molecule has 7 N–H and O–H groups in total. The predicted molar refractivity (Wildman–Crippen MR) is 438 cm³/mol. The largest absolute Gasteiger partial charge is 0.480 e. The van der Waals surface area contributed by atoms with E-state index in [0.717, 1.165) is 43.9 Å². The maximum absolute atomic E-state index is 14.8. The van der Waals surface area contributed by atoms with Crippen molar-refractivity contribution >= 4 is 89.3 Å². The standard InChI is InChI=1S/C24H25ClF2N4O5S.C15H17F2NO5.C13H15F2NO3.C13H15F2NO2.C8H12F2O3.C6H10F2O.C4H8O3.ClH.FH/c1-2-35-24(34)20-17(11-31-7-5-18(16(27)10-31)36-12-19(32)33)29-22(23-28-6-8-37-23)30-21(20)14-4-3-13(26)9-15(14)25;16-15(17)10-18(7-6-12(15)22-9-13(19)20)14(21)23-8-11-4-2-1-3-5-11;14-13(15)9-16(7-6-11(13)17)12(18)19-8-10-4-2-1-3-5-10;14-13(15)7-4-8-16(10-13)12(17)18-9-11-5-2-1-3-6-11;9-8(10)4-2-1-3-6(8)13-5-7(11)12;7-6(8)4-2-1-3-5(6)9;1-2-7-4(6)3-5;;/h3-4,6,8-9,16,18,21H,2,5,7,10-12H2,1H3,(H,29,30)(H,32,33);1-5,12H,6-10H2,(H,19,20);1-5,11,17H,6-9H2;1-3,5-6H,4,7-10H2;6H,1-5H2,(H,11,12);5,9H,1-4H2;5H,2-3H2,1H3;2*1H.